The Hall–Kier alpha value is -2.33. The average molecular weight is 282 g/mol. The Balaban J connectivity index is 1.71. The molecule has 0 fully saturated rings. The average Bonchev–Trinajstić information content (AvgIpc) is 3.13. The standard InChI is InChI=1S/C17H18N2O2/c20-17(21)16(18-10-12-5-1-2-6-12)9-13-11-19-15-8-4-3-7-14(13)15/h1-5,7-8,11,16,18-19H,6,9-10H2,(H,20,21)/t16-/m0/s1. The van der Waals surface area contributed by atoms with Gasteiger partial charge in [0.1, 0.15) is 6.04 Å². The van der Waals surface area contributed by atoms with E-state index < -0.39 is 12.0 Å². The lowest BCUT2D eigenvalue weighted by molar-refractivity contribution is -0.139. The van der Waals surface area contributed by atoms with E-state index in [2.05, 4.69) is 16.4 Å². The van der Waals surface area contributed by atoms with E-state index in [4.69, 9.17) is 0 Å². The Morgan fingerprint density at radius 2 is 2.24 bits per heavy atom. The van der Waals surface area contributed by atoms with Crippen LogP contribution in [0.3, 0.4) is 0 Å². The molecule has 4 heteroatoms. The van der Waals surface area contributed by atoms with Crippen LogP contribution >= 0.6 is 0 Å². The van der Waals surface area contributed by atoms with Gasteiger partial charge in [0.25, 0.3) is 0 Å². The highest BCUT2D eigenvalue weighted by Crippen LogP contribution is 2.19. The molecule has 4 nitrogen and oxygen atoms in total. The van der Waals surface area contributed by atoms with Crippen molar-refractivity contribution in [3.05, 3.63) is 59.8 Å². The molecule has 3 rings (SSSR count). The predicted octanol–water partition coefficient (Wildman–Crippen LogP) is 2.64. The second-order valence-electron chi connectivity index (χ2n) is 5.29. The molecule has 2 aromatic rings. The van der Waals surface area contributed by atoms with Crippen molar-refractivity contribution in [1.82, 2.24) is 10.3 Å². The highest BCUT2D eigenvalue weighted by Gasteiger charge is 2.19. The lowest BCUT2D eigenvalue weighted by Gasteiger charge is -2.14. The molecular formula is C17H18N2O2. The zero-order valence-electron chi connectivity index (χ0n) is 11.7. The second-order valence-corrected chi connectivity index (χ2v) is 5.29. The van der Waals surface area contributed by atoms with Gasteiger partial charge in [-0.15, -0.1) is 0 Å². The number of aliphatic carboxylic acids is 1. The molecule has 1 heterocycles. The number of carboxylic acid groups (broad SMARTS) is 1. The van der Waals surface area contributed by atoms with E-state index in [0.29, 0.717) is 13.0 Å². The summed E-state index contributed by atoms with van der Waals surface area (Å²) in [5.74, 6) is -0.813. The van der Waals surface area contributed by atoms with Gasteiger partial charge in [-0.3, -0.25) is 4.79 Å². The summed E-state index contributed by atoms with van der Waals surface area (Å²) in [5.41, 5.74) is 3.29. The van der Waals surface area contributed by atoms with Crippen LogP contribution in [0.15, 0.2) is 54.3 Å². The van der Waals surface area contributed by atoms with Crippen molar-refractivity contribution in [2.75, 3.05) is 6.54 Å². The van der Waals surface area contributed by atoms with Crippen LogP contribution in [-0.4, -0.2) is 28.6 Å². The first-order chi connectivity index (χ1) is 10.2. The molecule has 0 radical (unpaired) electrons. The molecule has 0 saturated carbocycles. The molecule has 0 bridgehead atoms. The van der Waals surface area contributed by atoms with E-state index >= 15 is 0 Å². The molecule has 3 N–H and O–H groups in total. The normalized spacial score (nSPS) is 15.3. The van der Waals surface area contributed by atoms with Gasteiger partial charge in [-0.05, 0) is 18.1 Å². The van der Waals surface area contributed by atoms with Crippen LogP contribution in [0.5, 0.6) is 0 Å². The summed E-state index contributed by atoms with van der Waals surface area (Å²) in [4.78, 5) is 14.6. The van der Waals surface area contributed by atoms with Gasteiger partial charge >= 0.3 is 5.97 Å². The number of benzene rings is 1. The predicted molar refractivity (Wildman–Crippen MR) is 83.3 cm³/mol. The first-order valence-corrected chi connectivity index (χ1v) is 7.10. The summed E-state index contributed by atoms with van der Waals surface area (Å²) in [5, 5.41) is 13.6. The van der Waals surface area contributed by atoms with Gasteiger partial charge in [-0.2, -0.15) is 0 Å². The summed E-state index contributed by atoms with van der Waals surface area (Å²) in [6.45, 7) is 0.617. The largest absolute Gasteiger partial charge is 0.480 e. The molecule has 1 aliphatic rings. The fourth-order valence-corrected chi connectivity index (χ4v) is 2.64. The van der Waals surface area contributed by atoms with Crippen molar-refractivity contribution in [1.29, 1.82) is 0 Å². The topological polar surface area (TPSA) is 65.1 Å². The van der Waals surface area contributed by atoms with Gasteiger partial charge in [0.15, 0.2) is 0 Å². The smallest absolute Gasteiger partial charge is 0.321 e. The Morgan fingerprint density at radius 3 is 3.00 bits per heavy atom. The number of allylic oxidation sites excluding steroid dienone is 3. The van der Waals surface area contributed by atoms with Crippen molar-refractivity contribution in [2.45, 2.75) is 18.9 Å². The van der Waals surface area contributed by atoms with Crippen molar-refractivity contribution in [3.8, 4) is 0 Å². The van der Waals surface area contributed by atoms with Crippen molar-refractivity contribution in [2.24, 2.45) is 0 Å². The number of aromatic amines is 1. The van der Waals surface area contributed by atoms with Gasteiger partial charge in [-0.1, -0.05) is 42.0 Å². The van der Waals surface area contributed by atoms with Gasteiger partial charge in [0, 0.05) is 30.1 Å². The molecule has 1 atom stereocenters. The summed E-state index contributed by atoms with van der Waals surface area (Å²) in [6, 6.07) is 7.37. The maximum atomic E-state index is 11.5. The molecule has 0 saturated heterocycles. The highest BCUT2D eigenvalue weighted by atomic mass is 16.4. The number of H-pyrrole nitrogens is 1. The maximum Gasteiger partial charge on any atom is 0.321 e. The van der Waals surface area contributed by atoms with E-state index in [0.717, 1.165) is 22.9 Å². The fourth-order valence-electron chi connectivity index (χ4n) is 2.64. The summed E-state index contributed by atoms with van der Waals surface area (Å²) in [7, 11) is 0. The quantitative estimate of drug-likeness (QED) is 0.763. The Morgan fingerprint density at radius 1 is 1.38 bits per heavy atom. The molecule has 1 aromatic heterocycles. The third-order valence-corrected chi connectivity index (χ3v) is 3.82. The summed E-state index contributed by atoms with van der Waals surface area (Å²) >= 11 is 0. The number of rotatable bonds is 6. The number of hydrogen-bond acceptors (Lipinski definition) is 2. The van der Waals surface area contributed by atoms with E-state index in [1.807, 2.05) is 42.6 Å². The number of hydrogen-bond donors (Lipinski definition) is 3. The van der Waals surface area contributed by atoms with E-state index in [1.54, 1.807) is 0 Å². The number of para-hydroxylation sites is 1. The van der Waals surface area contributed by atoms with Crippen LogP contribution < -0.4 is 5.32 Å². The van der Waals surface area contributed by atoms with Gasteiger partial charge in [0.05, 0.1) is 0 Å². The van der Waals surface area contributed by atoms with E-state index in [9.17, 15) is 9.90 Å². The third-order valence-electron chi connectivity index (χ3n) is 3.82. The summed E-state index contributed by atoms with van der Waals surface area (Å²) < 4.78 is 0. The zero-order valence-corrected chi connectivity index (χ0v) is 11.7. The number of nitrogens with one attached hydrogen (secondary N) is 2. The highest BCUT2D eigenvalue weighted by molar-refractivity contribution is 5.84. The number of fused-ring (bicyclic) bond motifs is 1. The molecule has 21 heavy (non-hydrogen) atoms. The van der Waals surface area contributed by atoms with Gasteiger partial charge in [-0.25, -0.2) is 0 Å². The number of aromatic nitrogens is 1. The molecule has 108 valence electrons. The maximum absolute atomic E-state index is 11.5. The van der Waals surface area contributed by atoms with Crippen LogP contribution in [0.4, 0.5) is 0 Å². The van der Waals surface area contributed by atoms with E-state index in [1.165, 1.54) is 5.57 Å². The van der Waals surface area contributed by atoms with Crippen LogP contribution in [0.25, 0.3) is 10.9 Å². The minimum atomic E-state index is -0.813. The first kappa shape index (κ1) is 13.6. The lowest BCUT2D eigenvalue weighted by atomic mass is 10.0. The zero-order chi connectivity index (χ0) is 14.7. The minimum absolute atomic E-state index is 0.472. The molecule has 0 unspecified atom stereocenters. The molecule has 0 amide bonds. The van der Waals surface area contributed by atoms with Crippen LogP contribution in [0, 0.1) is 0 Å². The van der Waals surface area contributed by atoms with Crippen LogP contribution in [-0.2, 0) is 11.2 Å². The Bertz CT molecular complexity index is 712. The lowest BCUT2D eigenvalue weighted by Crippen LogP contribution is -2.39. The number of carboxylic acids is 1. The van der Waals surface area contributed by atoms with Crippen molar-refractivity contribution in [3.63, 3.8) is 0 Å². The minimum Gasteiger partial charge on any atom is -0.480 e. The molecule has 0 aliphatic heterocycles. The van der Waals surface area contributed by atoms with E-state index in [-0.39, 0.29) is 0 Å². The number of carbonyl (C=O) groups is 1. The van der Waals surface area contributed by atoms with Crippen molar-refractivity contribution < 1.29 is 9.90 Å². The third kappa shape index (κ3) is 3.06. The van der Waals surface area contributed by atoms with Crippen LogP contribution in [0.2, 0.25) is 0 Å². The second kappa shape index (κ2) is 5.97. The SMILES string of the molecule is O=C(O)[C@H](Cc1c[nH]c2ccccc12)NCC1=CC=CC1. The monoisotopic (exact) mass is 282 g/mol. The Kier molecular flexibility index (Phi) is 3.88. The molecule has 0 spiro atoms. The molecule has 1 aromatic carbocycles. The van der Waals surface area contributed by atoms with Gasteiger partial charge < -0.3 is 15.4 Å². The summed E-state index contributed by atoms with van der Waals surface area (Å²) in [6.07, 6.45) is 9.40. The van der Waals surface area contributed by atoms with Crippen molar-refractivity contribution >= 4 is 16.9 Å². The van der Waals surface area contributed by atoms with Gasteiger partial charge in [0.2, 0.25) is 0 Å². The molecule has 1 aliphatic carbocycles. The fraction of sp³-hybridized carbons (Fsp3) is 0.235. The first-order valence-electron chi connectivity index (χ1n) is 7.10. The Labute approximate surface area is 123 Å². The van der Waals surface area contributed by atoms with Crippen LogP contribution in [0.1, 0.15) is 12.0 Å². The molecular weight excluding hydrogens is 264 g/mol.